The number of carbonyl (C=O) groups is 1. The summed E-state index contributed by atoms with van der Waals surface area (Å²) >= 11 is 0. The van der Waals surface area contributed by atoms with E-state index in [4.69, 9.17) is 28.4 Å². The zero-order valence-electron chi connectivity index (χ0n) is 23.7. The highest BCUT2D eigenvalue weighted by Crippen LogP contribution is 2.58. The molecule has 0 saturated carbocycles. The third-order valence-corrected chi connectivity index (χ3v) is 8.25. The topological polar surface area (TPSA) is 165 Å². The minimum absolute atomic E-state index is 0.144. The minimum Gasteiger partial charge on any atom is -0.493 e. The van der Waals surface area contributed by atoms with Crippen molar-refractivity contribution in [1.29, 1.82) is 0 Å². The van der Waals surface area contributed by atoms with E-state index >= 15 is 0 Å². The minimum atomic E-state index is -2.28. The quantitative estimate of drug-likeness (QED) is 0.257. The van der Waals surface area contributed by atoms with Gasteiger partial charge in [-0.3, -0.25) is 0 Å². The number of fused-ring (bicyclic) bond motifs is 5. The molecule has 0 aliphatic carbocycles. The van der Waals surface area contributed by atoms with E-state index in [0.717, 1.165) is 16.7 Å². The van der Waals surface area contributed by atoms with Crippen LogP contribution in [0.2, 0.25) is 0 Å². The number of rotatable bonds is 8. The number of hydrogen-bond acceptors (Lipinski definition) is 11. The van der Waals surface area contributed by atoms with Crippen LogP contribution < -0.4 is 29.0 Å². The Bertz CT molecular complexity index is 1520. The average Bonchev–Trinajstić information content (AvgIpc) is 3.40. The van der Waals surface area contributed by atoms with Crippen LogP contribution in [-0.4, -0.2) is 91.0 Å². The summed E-state index contributed by atoms with van der Waals surface area (Å²) in [4.78, 5) is 12.2. The van der Waals surface area contributed by atoms with E-state index in [1.165, 1.54) is 7.05 Å². The molecule has 5 N–H and O–H groups in total. The average molecular weight is 596 g/mol. The van der Waals surface area contributed by atoms with Crippen molar-refractivity contribution in [1.82, 2.24) is 5.32 Å². The smallest absolute Gasteiger partial charge is 0.340 e. The number of aliphatic hydroxyl groups excluding tert-OH is 3. The Labute approximate surface area is 247 Å². The van der Waals surface area contributed by atoms with E-state index in [-0.39, 0.29) is 24.8 Å². The lowest BCUT2D eigenvalue weighted by atomic mass is 9.85. The van der Waals surface area contributed by atoms with Crippen LogP contribution in [0.25, 0.3) is 11.1 Å². The fraction of sp³-hybridized carbons (Fsp3) is 0.387. The third-order valence-electron chi connectivity index (χ3n) is 8.25. The first-order chi connectivity index (χ1) is 20.7. The van der Waals surface area contributed by atoms with E-state index in [0.29, 0.717) is 28.6 Å². The molecule has 228 valence electrons. The molecule has 3 aromatic carbocycles. The van der Waals surface area contributed by atoms with Crippen LogP contribution in [0.3, 0.4) is 0 Å². The molecule has 1 saturated heterocycles. The highest BCUT2D eigenvalue weighted by molar-refractivity contribution is 5.79. The lowest BCUT2D eigenvalue weighted by molar-refractivity contribution is -0.305. The van der Waals surface area contributed by atoms with Crippen LogP contribution in [0.15, 0.2) is 54.6 Å². The van der Waals surface area contributed by atoms with Gasteiger partial charge in [0.25, 0.3) is 0 Å². The zero-order chi connectivity index (χ0) is 30.5. The maximum atomic E-state index is 12.2. The number of carboxylic acids is 1. The molecule has 3 aliphatic rings. The van der Waals surface area contributed by atoms with Crippen LogP contribution in [0.1, 0.15) is 23.1 Å². The van der Waals surface area contributed by atoms with Gasteiger partial charge in [-0.25, -0.2) is 4.79 Å². The summed E-state index contributed by atoms with van der Waals surface area (Å²) in [7, 11) is 4.59. The van der Waals surface area contributed by atoms with Crippen molar-refractivity contribution in [3.8, 4) is 39.9 Å². The van der Waals surface area contributed by atoms with Crippen molar-refractivity contribution >= 4 is 5.97 Å². The van der Waals surface area contributed by atoms with Gasteiger partial charge in [0, 0.05) is 23.7 Å². The van der Waals surface area contributed by atoms with E-state index in [1.54, 1.807) is 26.4 Å². The van der Waals surface area contributed by atoms with Gasteiger partial charge in [-0.15, -0.1) is 0 Å². The van der Waals surface area contributed by atoms with Gasteiger partial charge in [0.05, 0.1) is 26.7 Å². The molecule has 0 aromatic heterocycles. The Kier molecular flexibility index (Phi) is 7.57. The molecule has 3 heterocycles. The van der Waals surface area contributed by atoms with Gasteiger partial charge in [-0.05, 0) is 30.3 Å². The molecule has 0 spiro atoms. The van der Waals surface area contributed by atoms with Crippen molar-refractivity contribution < 1.29 is 53.6 Å². The molecule has 1 fully saturated rings. The van der Waals surface area contributed by atoms with Gasteiger partial charge in [-0.2, -0.15) is 0 Å². The Balaban J connectivity index is 1.41. The fourth-order valence-electron chi connectivity index (χ4n) is 6.11. The molecule has 12 nitrogen and oxygen atoms in total. The second-order valence-electron chi connectivity index (χ2n) is 10.7. The van der Waals surface area contributed by atoms with Crippen LogP contribution in [-0.2, 0) is 9.53 Å². The van der Waals surface area contributed by atoms with Crippen LogP contribution >= 0.6 is 0 Å². The summed E-state index contributed by atoms with van der Waals surface area (Å²) in [6, 6.07) is 16.6. The monoisotopic (exact) mass is 595 g/mol. The maximum absolute atomic E-state index is 12.2. The number of benzene rings is 3. The number of aliphatic hydroxyl groups is 3. The molecule has 6 rings (SSSR count). The van der Waals surface area contributed by atoms with E-state index < -0.39 is 42.3 Å². The molecule has 3 aliphatic heterocycles. The first-order valence-electron chi connectivity index (χ1n) is 13.8. The normalized spacial score (nSPS) is 28.9. The Hall–Kier alpha value is -4.07. The predicted molar refractivity (Wildman–Crippen MR) is 151 cm³/mol. The van der Waals surface area contributed by atoms with E-state index in [9.17, 15) is 25.2 Å². The van der Waals surface area contributed by atoms with Gasteiger partial charge in [0.1, 0.15) is 35.9 Å². The standard InChI is InChI=1S/C31H33NO11/c1-32-14-31(30(36)37)28(35)23(33)24(34)29(43-31)41-16-11-18(15-7-5-4-6-8-15)22-21(12-16)40-13-19-17-9-10-20(38-2)27(39-3)26(17)42-25(19)22/h4-12,19,23-25,28-29,32-35H,13-14H2,1-3H3,(H,36,37)/t19-,23+,24+,25+,28-,29+,31-/m0/s1. The highest BCUT2D eigenvalue weighted by Gasteiger charge is 2.59. The van der Waals surface area contributed by atoms with Gasteiger partial charge >= 0.3 is 5.97 Å². The molecule has 0 radical (unpaired) electrons. The van der Waals surface area contributed by atoms with Crippen LogP contribution in [0, 0.1) is 0 Å². The van der Waals surface area contributed by atoms with Crippen molar-refractivity contribution in [2.75, 3.05) is 34.4 Å². The molecule has 0 unspecified atom stereocenters. The number of carboxylic acid groups (broad SMARTS) is 1. The lowest BCUT2D eigenvalue weighted by Gasteiger charge is -2.45. The van der Waals surface area contributed by atoms with Crippen molar-refractivity contribution in [3.05, 3.63) is 65.7 Å². The second kappa shape index (κ2) is 11.2. The van der Waals surface area contributed by atoms with Gasteiger partial charge in [0.2, 0.25) is 17.6 Å². The number of methoxy groups -OCH3 is 2. The number of aliphatic carboxylic acids is 1. The first-order valence-corrected chi connectivity index (χ1v) is 13.8. The van der Waals surface area contributed by atoms with Crippen LogP contribution in [0.5, 0.6) is 28.7 Å². The molecule has 7 atom stereocenters. The number of ether oxygens (including phenoxy) is 6. The second-order valence-corrected chi connectivity index (χ2v) is 10.7. The van der Waals surface area contributed by atoms with Gasteiger partial charge < -0.3 is 54.2 Å². The summed E-state index contributed by atoms with van der Waals surface area (Å²) in [6.07, 6.45) is -7.61. The number of hydrogen-bond donors (Lipinski definition) is 5. The molecule has 0 amide bonds. The summed E-state index contributed by atoms with van der Waals surface area (Å²) in [5.74, 6) is 0.586. The van der Waals surface area contributed by atoms with Crippen LogP contribution in [0.4, 0.5) is 0 Å². The maximum Gasteiger partial charge on any atom is 0.340 e. The number of likely N-dealkylation sites (N-methyl/N-ethyl adjacent to an activating group) is 1. The zero-order valence-corrected chi connectivity index (χ0v) is 23.7. The number of nitrogens with one attached hydrogen (secondary N) is 1. The Morgan fingerprint density at radius 2 is 1.81 bits per heavy atom. The Morgan fingerprint density at radius 1 is 1.05 bits per heavy atom. The molecular weight excluding hydrogens is 562 g/mol. The van der Waals surface area contributed by atoms with Crippen molar-refractivity contribution in [3.63, 3.8) is 0 Å². The van der Waals surface area contributed by atoms with Crippen molar-refractivity contribution in [2.24, 2.45) is 0 Å². The van der Waals surface area contributed by atoms with E-state index in [2.05, 4.69) is 5.32 Å². The fourth-order valence-corrected chi connectivity index (χ4v) is 6.11. The molecule has 0 bridgehead atoms. The highest BCUT2D eigenvalue weighted by atomic mass is 16.7. The van der Waals surface area contributed by atoms with Gasteiger partial charge in [0.15, 0.2) is 11.5 Å². The summed E-state index contributed by atoms with van der Waals surface area (Å²) in [5.41, 5.74) is 0.957. The first kappa shape index (κ1) is 29.0. The molecular formula is C31H33NO11. The summed E-state index contributed by atoms with van der Waals surface area (Å²) in [6.45, 7) is -0.0689. The van der Waals surface area contributed by atoms with Crippen molar-refractivity contribution in [2.45, 2.75) is 42.2 Å². The molecule has 3 aromatic rings. The summed E-state index contributed by atoms with van der Waals surface area (Å²) < 4.78 is 35.6. The van der Waals surface area contributed by atoms with E-state index in [1.807, 2.05) is 42.5 Å². The molecule has 12 heteroatoms. The lowest BCUT2D eigenvalue weighted by Crippen LogP contribution is -2.71. The summed E-state index contributed by atoms with van der Waals surface area (Å²) in [5, 5.41) is 44.5. The largest absolute Gasteiger partial charge is 0.493 e. The van der Waals surface area contributed by atoms with Gasteiger partial charge in [-0.1, -0.05) is 36.4 Å². The Morgan fingerprint density at radius 3 is 2.49 bits per heavy atom. The SMILES string of the molecule is CNC[C@]1(C(=O)O)O[C@@H](Oc2cc3c(c(-c4ccccc4)c2)[C@@H]2Oc4c(ccc(OC)c4OC)[C@@H]2CO3)[C@H](O)[C@@H](O)[C@@H]1O. The predicted octanol–water partition coefficient (Wildman–Crippen LogP) is 1.84. The molecule has 43 heavy (non-hydrogen) atoms. The third kappa shape index (κ3) is 4.62.